The third-order valence-electron chi connectivity index (χ3n) is 5.05. The molecule has 0 saturated carbocycles. The van der Waals surface area contributed by atoms with Gasteiger partial charge in [0.05, 0.1) is 11.0 Å². The number of carbonyl (C=O) groups excluding carboxylic acids is 1. The lowest BCUT2D eigenvalue weighted by Crippen LogP contribution is -2.32. The van der Waals surface area contributed by atoms with Gasteiger partial charge in [-0.05, 0) is 25.7 Å². The van der Waals surface area contributed by atoms with Crippen LogP contribution in [0.25, 0.3) is 0 Å². The molecule has 1 atom stereocenters. The van der Waals surface area contributed by atoms with E-state index in [-0.39, 0.29) is 11.9 Å². The summed E-state index contributed by atoms with van der Waals surface area (Å²) in [5.41, 5.74) is 0. The standard InChI is InChI=1S/C17H23N5OS/c23-16(8-7-15-18-9-12-24-15)21-11-4-5-13(21)17-20-19-14-6-2-1-3-10-22(14)17/h9,12-13H,1-8,10-11H2/t13-/m0/s1. The Morgan fingerprint density at radius 1 is 1.21 bits per heavy atom. The number of aromatic nitrogens is 4. The molecule has 0 bridgehead atoms. The second-order valence-electron chi connectivity index (χ2n) is 6.61. The summed E-state index contributed by atoms with van der Waals surface area (Å²) in [4.78, 5) is 19.0. The van der Waals surface area contributed by atoms with Crippen molar-refractivity contribution in [3.8, 4) is 0 Å². The molecule has 4 rings (SSSR count). The zero-order chi connectivity index (χ0) is 16.4. The number of thiazole rings is 1. The van der Waals surface area contributed by atoms with Crippen LogP contribution in [-0.4, -0.2) is 37.1 Å². The van der Waals surface area contributed by atoms with E-state index in [9.17, 15) is 4.79 Å². The van der Waals surface area contributed by atoms with E-state index in [0.717, 1.165) is 55.4 Å². The molecule has 2 aromatic heterocycles. The number of hydrogen-bond acceptors (Lipinski definition) is 5. The van der Waals surface area contributed by atoms with Crippen molar-refractivity contribution < 1.29 is 4.79 Å². The third-order valence-corrected chi connectivity index (χ3v) is 5.88. The fraction of sp³-hybridized carbons (Fsp3) is 0.647. The summed E-state index contributed by atoms with van der Waals surface area (Å²) < 4.78 is 2.28. The molecule has 4 heterocycles. The van der Waals surface area contributed by atoms with Crippen LogP contribution in [0.2, 0.25) is 0 Å². The molecule has 0 radical (unpaired) electrons. The number of amides is 1. The van der Waals surface area contributed by atoms with Crippen molar-refractivity contribution in [3.05, 3.63) is 28.2 Å². The number of carbonyl (C=O) groups is 1. The monoisotopic (exact) mass is 345 g/mol. The quantitative estimate of drug-likeness (QED) is 0.855. The van der Waals surface area contributed by atoms with Gasteiger partial charge in [0.1, 0.15) is 5.82 Å². The van der Waals surface area contributed by atoms with E-state index in [1.54, 1.807) is 17.5 Å². The maximum absolute atomic E-state index is 12.7. The summed E-state index contributed by atoms with van der Waals surface area (Å²) >= 11 is 1.62. The number of aryl methyl sites for hydroxylation is 2. The van der Waals surface area contributed by atoms with Crippen molar-refractivity contribution in [2.75, 3.05) is 6.54 Å². The first-order chi connectivity index (χ1) is 11.8. The van der Waals surface area contributed by atoms with Crippen LogP contribution in [0.3, 0.4) is 0 Å². The smallest absolute Gasteiger partial charge is 0.223 e. The Labute approximate surface area is 145 Å². The summed E-state index contributed by atoms with van der Waals surface area (Å²) in [6.07, 6.45) is 9.76. The van der Waals surface area contributed by atoms with Crippen LogP contribution in [0.1, 0.15) is 61.2 Å². The zero-order valence-electron chi connectivity index (χ0n) is 13.9. The number of fused-ring (bicyclic) bond motifs is 1. The summed E-state index contributed by atoms with van der Waals surface area (Å²) in [6, 6.07) is 0.105. The van der Waals surface area contributed by atoms with Gasteiger partial charge in [0.15, 0.2) is 5.82 Å². The van der Waals surface area contributed by atoms with Crippen LogP contribution < -0.4 is 0 Å². The predicted molar refractivity (Wildman–Crippen MR) is 91.7 cm³/mol. The largest absolute Gasteiger partial charge is 0.332 e. The van der Waals surface area contributed by atoms with Crippen molar-refractivity contribution in [1.29, 1.82) is 0 Å². The van der Waals surface area contributed by atoms with Gasteiger partial charge in [-0.15, -0.1) is 21.5 Å². The lowest BCUT2D eigenvalue weighted by molar-refractivity contribution is -0.132. The van der Waals surface area contributed by atoms with Crippen molar-refractivity contribution in [1.82, 2.24) is 24.6 Å². The normalized spacial score (nSPS) is 20.8. The summed E-state index contributed by atoms with van der Waals surface area (Å²) in [5, 5.41) is 11.9. The average molecular weight is 345 g/mol. The molecule has 2 aliphatic rings. The Morgan fingerprint density at radius 2 is 2.17 bits per heavy atom. The summed E-state index contributed by atoms with van der Waals surface area (Å²) in [5.74, 6) is 2.33. The van der Waals surface area contributed by atoms with Gasteiger partial charge < -0.3 is 9.47 Å². The molecule has 128 valence electrons. The topological polar surface area (TPSA) is 63.9 Å². The zero-order valence-corrected chi connectivity index (χ0v) is 14.7. The van der Waals surface area contributed by atoms with Crippen LogP contribution in [0.4, 0.5) is 0 Å². The van der Waals surface area contributed by atoms with E-state index in [2.05, 4.69) is 19.7 Å². The highest BCUT2D eigenvalue weighted by atomic mass is 32.1. The van der Waals surface area contributed by atoms with E-state index in [4.69, 9.17) is 0 Å². The molecule has 7 heteroatoms. The van der Waals surface area contributed by atoms with Crippen LogP contribution in [0.5, 0.6) is 0 Å². The van der Waals surface area contributed by atoms with Gasteiger partial charge >= 0.3 is 0 Å². The van der Waals surface area contributed by atoms with Gasteiger partial charge in [-0.1, -0.05) is 6.42 Å². The first kappa shape index (κ1) is 15.7. The Hall–Kier alpha value is -1.76. The fourth-order valence-corrected chi connectivity index (χ4v) is 4.44. The first-order valence-corrected chi connectivity index (χ1v) is 9.81. The molecule has 0 spiro atoms. The maximum atomic E-state index is 12.7. The second kappa shape index (κ2) is 7.01. The number of nitrogens with zero attached hydrogens (tertiary/aromatic N) is 5. The van der Waals surface area contributed by atoms with Crippen molar-refractivity contribution in [2.45, 2.75) is 64.0 Å². The molecule has 2 aromatic rings. The maximum Gasteiger partial charge on any atom is 0.223 e. The van der Waals surface area contributed by atoms with Gasteiger partial charge in [0.2, 0.25) is 5.91 Å². The molecule has 1 saturated heterocycles. The summed E-state index contributed by atoms with van der Waals surface area (Å²) in [7, 11) is 0. The Balaban J connectivity index is 1.48. The van der Waals surface area contributed by atoms with Gasteiger partial charge in [0, 0.05) is 43.9 Å². The highest BCUT2D eigenvalue weighted by Gasteiger charge is 2.34. The molecule has 0 N–H and O–H groups in total. The molecular weight excluding hydrogens is 322 g/mol. The Morgan fingerprint density at radius 3 is 3.04 bits per heavy atom. The van der Waals surface area contributed by atoms with E-state index in [1.807, 2.05) is 10.3 Å². The number of likely N-dealkylation sites (tertiary alicyclic amines) is 1. The van der Waals surface area contributed by atoms with Crippen molar-refractivity contribution in [2.24, 2.45) is 0 Å². The van der Waals surface area contributed by atoms with Gasteiger partial charge in [-0.2, -0.15) is 0 Å². The molecule has 0 unspecified atom stereocenters. The van der Waals surface area contributed by atoms with Crippen LogP contribution in [0, 0.1) is 0 Å². The number of hydrogen-bond donors (Lipinski definition) is 0. The van der Waals surface area contributed by atoms with Crippen molar-refractivity contribution >= 4 is 17.2 Å². The molecule has 1 fully saturated rings. The van der Waals surface area contributed by atoms with Crippen LogP contribution in [-0.2, 0) is 24.2 Å². The van der Waals surface area contributed by atoms with E-state index < -0.39 is 0 Å². The van der Waals surface area contributed by atoms with E-state index >= 15 is 0 Å². The minimum atomic E-state index is 0.105. The SMILES string of the molecule is O=C(CCc1nccs1)N1CCC[C@H]1c1nnc2n1CCCCC2. The van der Waals surface area contributed by atoms with E-state index in [0.29, 0.717) is 6.42 Å². The molecule has 6 nitrogen and oxygen atoms in total. The Bertz CT molecular complexity index is 696. The van der Waals surface area contributed by atoms with Crippen LogP contribution in [0.15, 0.2) is 11.6 Å². The van der Waals surface area contributed by atoms with E-state index in [1.165, 1.54) is 19.3 Å². The molecule has 1 amide bonds. The third kappa shape index (κ3) is 3.09. The lowest BCUT2D eigenvalue weighted by Gasteiger charge is -2.24. The number of rotatable bonds is 4. The minimum absolute atomic E-state index is 0.105. The fourth-order valence-electron chi connectivity index (χ4n) is 3.82. The molecule has 2 aliphatic heterocycles. The van der Waals surface area contributed by atoms with Gasteiger partial charge in [-0.25, -0.2) is 4.98 Å². The highest BCUT2D eigenvalue weighted by molar-refractivity contribution is 7.09. The van der Waals surface area contributed by atoms with Crippen LogP contribution >= 0.6 is 11.3 Å². The highest BCUT2D eigenvalue weighted by Crippen LogP contribution is 2.33. The van der Waals surface area contributed by atoms with Gasteiger partial charge in [0.25, 0.3) is 0 Å². The predicted octanol–water partition coefficient (Wildman–Crippen LogP) is 2.76. The van der Waals surface area contributed by atoms with Crippen molar-refractivity contribution in [3.63, 3.8) is 0 Å². The molecule has 0 aromatic carbocycles. The first-order valence-electron chi connectivity index (χ1n) is 8.93. The Kier molecular flexibility index (Phi) is 4.60. The van der Waals surface area contributed by atoms with Gasteiger partial charge in [-0.3, -0.25) is 4.79 Å². The molecule has 0 aliphatic carbocycles. The average Bonchev–Trinajstić information content (AvgIpc) is 3.31. The lowest BCUT2D eigenvalue weighted by atomic mass is 10.2. The second-order valence-corrected chi connectivity index (χ2v) is 7.59. The molecular formula is C17H23N5OS. The minimum Gasteiger partial charge on any atom is -0.332 e. The summed E-state index contributed by atoms with van der Waals surface area (Å²) in [6.45, 7) is 1.83. The molecule has 24 heavy (non-hydrogen) atoms.